The highest BCUT2D eigenvalue weighted by Crippen LogP contribution is 2.27. The summed E-state index contributed by atoms with van der Waals surface area (Å²) in [5.41, 5.74) is 3.24. The molecule has 2 aromatic rings. The van der Waals surface area contributed by atoms with Crippen molar-refractivity contribution >= 4 is 0 Å². The molecule has 1 N–H and O–H groups in total. The molecule has 1 aromatic heterocycles. The minimum atomic E-state index is 0.807. The van der Waals surface area contributed by atoms with E-state index >= 15 is 0 Å². The molecule has 1 heterocycles. The number of ether oxygens (including phenoxy) is 1. The molecule has 0 aliphatic heterocycles. The van der Waals surface area contributed by atoms with Crippen molar-refractivity contribution in [1.82, 2.24) is 10.3 Å². The highest BCUT2D eigenvalue weighted by molar-refractivity contribution is 5.66. The van der Waals surface area contributed by atoms with Gasteiger partial charge in [-0.25, -0.2) is 0 Å². The third kappa shape index (κ3) is 3.55. The predicted octanol–water partition coefficient (Wildman–Crippen LogP) is 3.26. The molecule has 2 rings (SSSR count). The maximum absolute atomic E-state index is 5.36. The van der Waals surface area contributed by atoms with Gasteiger partial charge in [-0.3, -0.25) is 4.98 Å². The Kier molecular flexibility index (Phi) is 4.93. The average molecular weight is 256 g/mol. The van der Waals surface area contributed by atoms with Gasteiger partial charge in [-0.2, -0.15) is 0 Å². The van der Waals surface area contributed by atoms with Crippen LogP contribution >= 0.6 is 0 Å². The average Bonchev–Trinajstić information content (AvgIpc) is 2.48. The van der Waals surface area contributed by atoms with Crippen LogP contribution in [0.25, 0.3) is 11.3 Å². The molecular formula is C16H20N2O. The molecule has 0 amide bonds. The van der Waals surface area contributed by atoms with Gasteiger partial charge in [0.1, 0.15) is 11.4 Å². The first-order valence-corrected chi connectivity index (χ1v) is 6.64. The molecule has 1 aromatic carbocycles. The zero-order chi connectivity index (χ0) is 13.5. The Balaban J connectivity index is 2.22. The van der Waals surface area contributed by atoms with Crippen molar-refractivity contribution in [3.05, 3.63) is 48.2 Å². The lowest BCUT2D eigenvalue weighted by Crippen LogP contribution is -2.13. The monoisotopic (exact) mass is 256 g/mol. The van der Waals surface area contributed by atoms with Gasteiger partial charge in [0.2, 0.25) is 0 Å². The minimum Gasteiger partial charge on any atom is -0.494 e. The zero-order valence-electron chi connectivity index (χ0n) is 11.5. The number of aromatic nitrogens is 1. The molecule has 0 fully saturated rings. The second-order valence-corrected chi connectivity index (χ2v) is 4.43. The number of nitrogens with zero attached hydrogens (tertiary/aromatic N) is 1. The molecule has 3 heteroatoms. The van der Waals surface area contributed by atoms with Crippen molar-refractivity contribution in [2.24, 2.45) is 0 Å². The number of hydrogen-bond acceptors (Lipinski definition) is 3. The van der Waals surface area contributed by atoms with E-state index in [1.165, 1.54) is 5.56 Å². The topological polar surface area (TPSA) is 34.2 Å². The van der Waals surface area contributed by atoms with Crippen molar-refractivity contribution in [1.29, 1.82) is 0 Å². The van der Waals surface area contributed by atoms with E-state index in [4.69, 9.17) is 4.74 Å². The van der Waals surface area contributed by atoms with Crippen molar-refractivity contribution in [2.75, 3.05) is 13.7 Å². The van der Waals surface area contributed by atoms with E-state index in [2.05, 4.69) is 41.5 Å². The molecule has 0 aliphatic carbocycles. The van der Waals surface area contributed by atoms with Crippen LogP contribution in [0.5, 0.6) is 5.75 Å². The first kappa shape index (κ1) is 13.6. The van der Waals surface area contributed by atoms with Gasteiger partial charge < -0.3 is 10.1 Å². The lowest BCUT2D eigenvalue weighted by molar-refractivity contribution is 0.415. The fraction of sp³-hybridized carbons (Fsp3) is 0.312. The summed E-state index contributed by atoms with van der Waals surface area (Å²) in [5, 5.41) is 3.41. The number of benzene rings is 1. The fourth-order valence-corrected chi connectivity index (χ4v) is 2.01. The molecular weight excluding hydrogens is 236 g/mol. The van der Waals surface area contributed by atoms with E-state index in [0.717, 1.165) is 36.5 Å². The van der Waals surface area contributed by atoms with Crippen LogP contribution in [0.1, 0.15) is 18.9 Å². The van der Waals surface area contributed by atoms with E-state index in [1.54, 1.807) is 13.3 Å². The number of nitrogens with one attached hydrogen (secondary N) is 1. The molecule has 0 aliphatic rings. The van der Waals surface area contributed by atoms with Crippen molar-refractivity contribution in [3.63, 3.8) is 0 Å². The van der Waals surface area contributed by atoms with E-state index < -0.39 is 0 Å². The molecule has 0 saturated carbocycles. The van der Waals surface area contributed by atoms with Crippen LogP contribution in [0.3, 0.4) is 0 Å². The Hall–Kier alpha value is -1.87. The summed E-state index contributed by atoms with van der Waals surface area (Å²) in [6, 6.07) is 12.2. The highest BCUT2D eigenvalue weighted by atomic mass is 16.5. The molecule has 0 atom stereocenters. The normalized spacial score (nSPS) is 10.4. The Morgan fingerprint density at radius 1 is 1.21 bits per heavy atom. The first-order chi connectivity index (χ1) is 9.35. The van der Waals surface area contributed by atoms with Gasteiger partial charge in [-0.1, -0.05) is 25.1 Å². The van der Waals surface area contributed by atoms with Crippen molar-refractivity contribution in [2.45, 2.75) is 19.9 Å². The summed E-state index contributed by atoms with van der Waals surface area (Å²) < 4.78 is 5.36. The van der Waals surface area contributed by atoms with E-state index in [-0.39, 0.29) is 0 Å². The quantitative estimate of drug-likeness (QED) is 0.806. The Morgan fingerprint density at radius 3 is 2.89 bits per heavy atom. The van der Waals surface area contributed by atoms with Gasteiger partial charge >= 0.3 is 0 Å². The molecule has 19 heavy (non-hydrogen) atoms. The zero-order valence-corrected chi connectivity index (χ0v) is 11.5. The van der Waals surface area contributed by atoms with Crippen LogP contribution in [-0.4, -0.2) is 18.6 Å². The SMILES string of the molecule is CCCNCc1cccc(-c2ncccc2OC)c1. The van der Waals surface area contributed by atoms with Crippen LogP contribution in [0.4, 0.5) is 0 Å². The summed E-state index contributed by atoms with van der Waals surface area (Å²) >= 11 is 0. The van der Waals surface area contributed by atoms with Gasteiger partial charge in [0, 0.05) is 18.3 Å². The molecule has 0 bridgehead atoms. The lowest BCUT2D eigenvalue weighted by Gasteiger charge is -2.09. The molecule has 0 radical (unpaired) electrons. The summed E-state index contributed by atoms with van der Waals surface area (Å²) in [7, 11) is 1.67. The third-order valence-corrected chi connectivity index (χ3v) is 2.95. The molecule has 0 unspecified atom stereocenters. The lowest BCUT2D eigenvalue weighted by atomic mass is 10.1. The van der Waals surface area contributed by atoms with Crippen LogP contribution < -0.4 is 10.1 Å². The molecule has 100 valence electrons. The van der Waals surface area contributed by atoms with Gasteiger partial charge in [0.05, 0.1) is 7.11 Å². The second kappa shape index (κ2) is 6.90. The fourth-order valence-electron chi connectivity index (χ4n) is 2.01. The minimum absolute atomic E-state index is 0.807. The third-order valence-electron chi connectivity index (χ3n) is 2.95. The number of rotatable bonds is 6. The predicted molar refractivity (Wildman–Crippen MR) is 78.2 cm³/mol. The van der Waals surface area contributed by atoms with E-state index in [9.17, 15) is 0 Å². The first-order valence-electron chi connectivity index (χ1n) is 6.64. The van der Waals surface area contributed by atoms with Crippen LogP contribution in [0.2, 0.25) is 0 Å². The van der Waals surface area contributed by atoms with Crippen LogP contribution in [0.15, 0.2) is 42.6 Å². The standard InChI is InChI=1S/C16H20N2O/c1-3-9-17-12-13-6-4-7-14(11-13)16-15(19-2)8-5-10-18-16/h4-8,10-11,17H,3,9,12H2,1-2H3. The summed E-state index contributed by atoms with van der Waals surface area (Å²) in [6.45, 7) is 4.09. The van der Waals surface area contributed by atoms with E-state index in [1.807, 2.05) is 12.1 Å². The summed E-state index contributed by atoms with van der Waals surface area (Å²) in [4.78, 5) is 4.41. The van der Waals surface area contributed by atoms with E-state index in [0.29, 0.717) is 0 Å². The van der Waals surface area contributed by atoms with Gasteiger partial charge in [-0.05, 0) is 36.7 Å². The smallest absolute Gasteiger partial charge is 0.145 e. The van der Waals surface area contributed by atoms with Gasteiger partial charge in [0.15, 0.2) is 0 Å². The largest absolute Gasteiger partial charge is 0.494 e. The maximum Gasteiger partial charge on any atom is 0.145 e. The molecule has 3 nitrogen and oxygen atoms in total. The summed E-state index contributed by atoms with van der Waals surface area (Å²) in [5.74, 6) is 0.807. The highest BCUT2D eigenvalue weighted by Gasteiger charge is 2.06. The number of hydrogen-bond donors (Lipinski definition) is 1. The second-order valence-electron chi connectivity index (χ2n) is 4.43. The maximum atomic E-state index is 5.36. The Labute approximate surface area is 114 Å². The van der Waals surface area contributed by atoms with Gasteiger partial charge in [0.25, 0.3) is 0 Å². The van der Waals surface area contributed by atoms with Crippen LogP contribution in [-0.2, 0) is 6.54 Å². The Morgan fingerprint density at radius 2 is 2.11 bits per heavy atom. The van der Waals surface area contributed by atoms with Crippen molar-refractivity contribution < 1.29 is 4.74 Å². The Bertz CT molecular complexity index is 526. The van der Waals surface area contributed by atoms with Crippen molar-refractivity contribution in [3.8, 4) is 17.0 Å². The van der Waals surface area contributed by atoms with Crippen LogP contribution in [0, 0.1) is 0 Å². The number of methoxy groups -OCH3 is 1. The summed E-state index contributed by atoms with van der Waals surface area (Å²) in [6.07, 6.45) is 2.94. The number of pyridine rings is 1. The molecule has 0 spiro atoms. The molecule has 0 saturated heterocycles. The van der Waals surface area contributed by atoms with Gasteiger partial charge in [-0.15, -0.1) is 0 Å².